The number of halogens is 1. The Labute approximate surface area is 151 Å². The maximum Gasteiger partial charge on any atom is 0.404 e. The molecule has 1 heterocycles. The van der Waals surface area contributed by atoms with E-state index in [1.54, 1.807) is 12.1 Å². The van der Waals surface area contributed by atoms with E-state index in [0.717, 1.165) is 10.7 Å². The van der Waals surface area contributed by atoms with Crippen LogP contribution in [0.2, 0.25) is 0 Å². The Morgan fingerprint density at radius 3 is 2.84 bits per heavy atom. The lowest BCUT2D eigenvalue weighted by Gasteiger charge is -2.21. The Balaban J connectivity index is 2.56. The highest BCUT2D eigenvalue weighted by Gasteiger charge is 2.26. The van der Waals surface area contributed by atoms with Crippen LogP contribution in [0, 0.1) is 0 Å². The molecule has 25 heavy (non-hydrogen) atoms. The molecule has 0 spiro atoms. The van der Waals surface area contributed by atoms with E-state index in [2.05, 4.69) is 10.0 Å². The van der Waals surface area contributed by atoms with Crippen LogP contribution >= 0.6 is 11.6 Å². The molecule has 140 valence electrons. The summed E-state index contributed by atoms with van der Waals surface area (Å²) < 4.78 is 36.0. The highest BCUT2D eigenvalue weighted by Crippen LogP contribution is 2.15. The SMILES string of the molecule is CN(Cc1ccco1)S(=O)(=O)CC(CCCCCN=[N+]=[N-])OC(=O)Cl. The molecule has 1 unspecified atom stereocenters. The second-order valence-corrected chi connectivity index (χ2v) is 7.82. The molecule has 0 N–H and O–H groups in total. The number of sulfonamides is 1. The Bertz CT molecular complexity index is 673. The lowest BCUT2D eigenvalue weighted by atomic mass is 10.1. The van der Waals surface area contributed by atoms with Gasteiger partial charge in [0.25, 0.3) is 0 Å². The van der Waals surface area contributed by atoms with Crippen LogP contribution in [0.15, 0.2) is 27.9 Å². The number of carbonyl (C=O) groups is 1. The summed E-state index contributed by atoms with van der Waals surface area (Å²) in [5.41, 5.74) is 7.15. The Morgan fingerprint density at radius 1 is 1.48 bits per heavy atom. The maximum atomic E-state index is 12.4. The van der Waals surface area contributed by atoms with Gasteiger partial charge in [-0.3, -0.25) is 0 Å². The zero-order valence-electron chi connectivity index (χ0n) is 13.9. The fourth-order valence-corrected chi connectivity index (χ4v) is 3.57. The minimum Gasteiger partial charge on any atom is -0.468 e. The molecule has 0 aliphatic heterocycles. The Morgan fingerprint density at radius 2 is 2.24 bits per heavy atom. The summed E-state index contributed by atoms with van der Waals surface area (Å²) in [7, 11) is -2.23. The van der Waals surface area contributed by atoms with E-state index in [1.165, 1.54) is 13.3 Å². The van der Waals surface area contributed by atoms with Gasteiger partial charge in [0.1, 0.15) is 17.6 Å². The van der Waals surface area contributed by atoms with Crippen LogP contribution in [0.4, 0.5) is 4.79 Å². The average molecular weight is 393 g/mol. The predicted octanol–water partition coefficient (Wildman–Crippen LogP) is 3.66. The molecule has 0 aromatic carbocycles. The number of ether oxygens (including phenoxy) is 1. The number of unbranched alkanes of at least 4 members (excludes halogenated alkanes) is 2. The number of carbonyl (C=O) groups excluding carboxylic acids is 1. The molecule has 0 aliphatic rings. The zero-order valence-corrected chi connectivity index (χ0v) is 15.4. The Hall–Kier alpha value is -1.74. The largest absolute Gasteiger partial charge is 0.468 e. The van der Waals surface area contributed by atoms with Gasteiger partial charge in [-0.15, -0.1) is 0 Å². The number of nitrogens with zero attached hydrogens (tertiary/aromatic N) is 4. The van der Waals surface area contributed by atoms with Gasteiger partial charge < -0.3 is 9.15 Å². The molecule has 0 saturated carbocycles. The molecule has 1 rings (SSSR count). The summed E-state index contributed by atoms with van der Waals surface area (Å²) in [6.07, 6.45) is 2.99. The van der Waals surface area contributed by atoms with Gasteiger partial charge in [-0.25, -0.2) is 13.2 Å². The summed E-state index contributed by atoms with van der Waals surface area (Å²) in [6.45, 7) is 0.462. The molecule has 0 saturated heterocycles. The van der Waals surface area contributed by atoms with E-state index < -0.39 is 21.6 Å². The van der Waals surface area contributed by atoms with Crippen molar-refractivity contribution in [1.82, 2.24) is 4.31 Å². The third-order valence-electron chi connectivity index (χ3n) is 3.44. The molecule has 0 bridgehead atoms. The summed E-state index contributed by atoms with van der Waals surface area (Å²) >= 11 is 5.24. The van der Waals surface area contributed by atoms with Crippen molar-refractivity contribution in [1.29, 1.82) is 0 Å². The summed E-state index contributed by atoms with van der Waals surface area (Å²) in [6, 6.07) is 3.34. The van der Waals surface area contributed by atoms with Crippen molar-refractivity contribution >= 4 is 27.1 Å². The van der Waals surface area contributed by atoms with Crippen LogP contribution in [-0.4, -0.2) is 43.6 Å². The molecule has 9 nitrogen and oxygen atoms in total. The summed E-state index contributed by atoms with van der Waals surface area (Å²) in [4.78, 5) is 13.7. The van der Waals surface area contributed by atoms with Crippen molar-refractivity contribution in [2.24, 2.45) is 5.11 Å². The highest BCUT2D eigenvalue weighted by atomic mass is 35.5. The van der Waals surface area contributed by atoms with Gasteiger partial charge in [-0.2, -0.15) is 4.31 Å². The maximum absolute atomic E-state index is 12.4. The van der Waals surface area contributed by atoms with E-state index in [9.17, 15) is 13.2 Å². The minimum absolute atomic E-state index is 0.0863. The summed E-state index contributed by atoms with van der Waals surface area (Å²) in [5, 5.41) is 3.42. The van der Waals surface area contributed by atoms with E-state index in [4.69, 9.17) is 26.3 Å². The van der Waals surface area contributed by atoms with Gasteiger partial charge in [0.2, 0.25) is 10.0 Å². The van der Waals surface area contributed by atoms with Gasteiger partial charge in [-0.1, -0.05) is 11.5 Å². The first-order valence-electron chi connectivity index (χ1n) is 7.68. The van der Waals surface area contributed by atoms with E-state index in [1.807, 2.05) is 0 Å². The first kappa shape index (κ1) is 21.3. The monoisotopic (exact) mass is 392 g/mol. The molecule has 0 radical (unpaired) electrons. The molecule has 0 aliphatic carbocycles. The molecular formula is C14H21ClN4O5S. The van der Waals surface area contributed by atoms with Crippen molar-refractivity contribution in [2.45, 2.75) is 38.3 Å². The smallest absolute Gasteiger partial charge is 0.404 e. The third-order valence-corrected chi connectivity index (χ3v) is 5.40. The molecule has 1 aromatic rings. The van der Waals surface area contributed by atoms with Gasteiger partial charge in [0, 0.05) is 30.1 Å². The number of hydrogen-bond donors (Lipinski definition) is 0. The van der Waals surface area contributed by atoms with Crippen LogP contribution in [0.25, 0.3) is 10.4 Å². The summed E-state index contributed by atoms with van der Waals surface area (Å²) in [5.74, 6) is 0.147. The third kappa shape index (κ3) is 8.78. The molecular weight excluding hydrogens is 372 g/mol. The van der Waals surface area contributed by atoms with Gasteiger partial charge in [0.15, 0.2) is 0 Å². The normalized spacial score (nSPS) is 12.6. The first-order chi connectivity index (χ1) is 11.8. The number of furan rings is 1. The number of rotatable bonds is 12. The highest BCUT2D eigenvalue weighted by molar-refractivity contribution is 7.89. The van der Waals surface area contributed by atoms with Gasteiger partial charge >= 0.3 is 5.43 Å². The van der Waals surface area contributed by atoms with E-state index >= 15 is 0 Å². The predicted molar refractivity (Wildman–Crippen MR) is 92.6 cm³/mol. The van der Waals surface area contributed by atoms with Crippen LogP contribution in [-0.2, 0) is 21.3 Å². The second-order valence-electron chi connectivity index (χ2n) is 5.40. The second kappa shape index (κ2) is 11.0. The van der Waals surface area contributed by atoms with Crippen molar-refractivity contribution in [2.75, 3.05) is 19.3 Å². The van der Waals surface area contributed by atoms with Crippen LogP contribution in [0.3, 0.4) is 0 Å². The molecule has 1 aromatic heterocycles. The Kier molecular flexibility index (Phi) is 9.36. The fraction of sp³-hybridized carbons (Fsp3) is 0.643. The van der Waals surface area contributed by atoms with Crippen molar-refractivity contribution in [3.63, 3.8) is 0 Å². The quantitative estimate of drug-likeness (QED) is 0.176. The lowest BCUT2D eigenvalue weighted by Crippen LogP contribution is -2.35. The number of azide groups is 1. The molecule has 0 fully saturated rings. The zero-order chi connectivity index (χ0) is 18.7. The number of hydrogen-bond acceptors (Lipinski definition) is 6. The molecule has 1 atom stereocenters. The minimum atomic E-state index is -3.66. The van der Waals surface area contributed by atoms with E-state index in [0.29, 0.717) is 31.6 Å². The van der Waals surface area contributed by atoms with Crippen LogP contribution < -0.4 is 0 Å². The first-order valence-corrected chi connectivity index (χ1v) is 9.67. The molecule has 11 heteroatoms. The van der Waals surface area contributed by atoms with E-state index in [-0.39, 0.29) is 12.3 Å². The van der Waals surface area contributed by atoms with Crippen LogP contribution in [0.1, 0.15) is 31.4 Å². The van der Waals surface area contributed by atoms with Gasteiger partial charge in [-0.05, 0) is 36.9 Å². The van der Waals surface area contributed by atoms with Crippen molar-refractivity contribution < 1.29 is 22.4 Å². The molecule has 0 amide bonds. The van der Waals surface area contributed by atoms with Crippen molar-refractivity contribution in [3.8, 4) is 0 Å². The topological polar surface area (TPSA) is 126 Å². The van der Waals surface area contributed by atoms with Gasteiger partial charge in [0.05, 0.1) is 12.8 Å². The standard InChI is InChI=1S/C14H21ClN4O5S/c1-19(10-12-7-5-9-23-12)25(21,22)11-13(24-14(15)20)6-3-2-4-8-17-18-16/h5,7,9,13H,2-4,6,8,10-11H2,1H3. The average Bonchev–Trinajstić information content (AvgIpc) is 3.02. The van der Waals surface area contributed by atoms with Crippen molar-refractivity contribution in [3.05, 3.63) is 34.6 Å². The lowest BCUT2D eigenvalue weighted by molar-refractivity contribution is 0.125. The fourth-order valence-electron chi connectivity index (χ4n) is 2.17. The van der Waals surface area contributed by atoms with Crippen LogP contribution in [0.5, 0.6) is 0 Å².